The van der Waals surface area contributed by atoms with E-state index in [1.165, 1.54) is 57.9 Å². The number of rotatable bonds is 8. The molecule has 1 saturated heterocycles. The summed E-state index contributed by atoms with van der Waals surface area (Å²) < 4.78 is 5.74. The van der Waals surface area contributed by atoms with Crippen LogP contribution in [0.3, 0.4) is 0 Å². The standard InChI is InChI=1S/C18H36N2O/c1-15(2)10-13-21-14-12-20-18-8-4-3-7-16(18)17-9-5-6-11-19-17/h15-20H,3-14H2,1-2H3. The molecule has 2 aliphatic rings. The van der Waals surface area contributed by atoms with Crippen LogP contribution in [-0.4, -0.2) is 38.4 Å². The first kappa shape index (κ1) is 17.2. The molecule has 2 rings (SSSR count). The molecule has 1 aliphatic carbocycles. The predicted octanol–water partition coefficient (Wildman–Crippen LogP) is 3.34. The number of ether oxygens (including phenoxy) is 1. The van der Waals surface area contributed by atoms with Gasteiger partial charge in [0.05, 0.1) is 6.61 Å². The van der Waals surface area contributed by atoms with E-state index in [0.717, 1.165) is 37.6 Å². The Labute approximate surface area is 131 Å². The van der Waals surface area contributed by atoms with Crippen molar-refractivity contribution in [3.8, 4) is 0 Å². The Morgan fingerprint density at radius 2 is 1.86 bits per heavy atom. The molecule has 3 nitrogen and oxygen atoms in total. The van der Waals surface area contributed by atoms with Crippen LogP contribution in [0, 0.1) is 11.8 Å². The molecule has 1 heterocycles. The molecule has 124 valence electrons. The highest BCUT2D eigenvalue weighted by atomic mass is 16.5. The molecular formula is C18H36N2O. The average molecular weight is 296 g/mol. The van der Waals surface area contributed by atoms with Crippen LogP contribution in [0.15, 0.2) is 0 Å². The minimum Gasteiger partial charge on any atom is -0.380 e. The van der Waals surface area contributed by atoms with Crippen molar-refractivity contribution in [3.05, 3.63) is 0 Å². The Balaban J connectivity index is 1.64. The monoisotopic (exact) mass is 296 g/mol. The Morgan fingerprint density at radius 3 is 2.62 bits per heavy atom. The molecule has 1 aliphatic heterocycles. The van der Waals surface area contributed by atoms with E-state index < -0.39 is 0 Å². The molecule has 2 N–H and O–H groups in total. The SMILES string of the molecule is CC(C)CCOCCNC1CCCCC1C1CCCCN1. The molecule has 2 fully saturated rings. The maximum absolute atomic E-state index is 5.74. The lowest BCUT2D eigenvalue weighted by Gasteiger charge is -2.40. The second-order valence-corrected chi connectivity index (χ2v) is 7.36. The van der Waals surface area contributed by atoms with Gasteiger partial charge in [0.1, 0.15) is 0 Å². The molecule has 0 spiro atoms. The highest BCUT2D eigenvalue weighted by Gasteiger charge is 2.31. The summed E-state index contributed by atoms with van der Waals surface area (Å²) in [7, 11) is 0. The van der Waals surface area contributed by atoms with Gasteiger partial charge in [0.25, 0.3) is 0 Å². The molecule has 0 aromatic rings. The highest BCUT2D eigenvalue weighted by Crippen LogP contribution is 2.30. The third kappa shape index (κ3) is 6.25. The Morgan fingerprint density at radius 1 is 1.05 bits per heavy atom. The van der Waals surface area contributed by atoms with Gasteiger partial charge in [0.15, 0.2) is 0 Å². The van der Waals surface area contributed by atoms with Crippen molar-refractivity contribution in [2.45, 2.75) is 77.3 Å². The predicted molar refractivity (Wildman–Crippen MR) is 89.7 cm³/mol. The molecule has 21 heavy (non-hydrogen) atoms. The van der Waals surface area contributed by atoms with Gasteiger partial charge in [-0.3, -0.25) is 0 Å². The van der Waals surface area contributed by atoms with Crippen molar-refractivity contribution in [2.75, 3.05) is 26.3 Å². The third-order valence-electron chi connectivity index (χ3n) is 5.18. The van der Waals surface area contributed by atoms with Gasteiger partial charge in [-0.25, -0.2) is 0 Å². The summed E-state index contributed by atoms with van der Waals surface area (Å²) in [6.45, 7) is 8.54. The van der Waals surface area contributed by atoms with Crippen LogP contribution in [0.4, 0.5) is 0 Å². The largest absolute Gasteiger partial charge is 0.380 e. The minimum atomic E-state index is 0.711. The van der Waals surface area contributed by atoms with Gasteiger partial charge in [-0.05, 0) is 50.5 Å². The van der Waals surface area contributed by atoms with E-state index in [1.54, 1.807) is 0 Å². The normalized spacial score (nSPS) is 30.7. The molecule has 3 atom stereocenters. The van der Waals surface area contributed by atoms with E-state index in [4.69, 9.17) is 4.74 Å². The molecule has 3 heteroatoms. The number of piperidine rings is 1. The fourth-order valence-corrected chi connectivity index (χ4v) is 3.88. The minimum absolute atomic E-state index is 0.711. The van der Waals surface area contributed by atoms with Crippen LogP contribution in [0.2, 0.25) is 0 Å². The lowest BCUT2D eigenvalue weighted by molar-refractivity contribution is 0.114. The second kappa shape index (κ2) is 9.81. The van der Waals surface area contributed by atoms with Gasteiger partial charge >= 0.3 is 0 Å². The molecular weight excluding hydrogens is 260 g/mol. The zero-order valence-corrected chi connectivity index (χ0v) is 14.2. The quantitative estimate of drug-likeness (QED) is 0.674. The Hall–Kier alpha value is -0.120. The van der Waals surface area contributed by atoms with E-state index >= 15 is 0 Å². The molecule has 0 radical (unpaired) electrons. The molecule has 0 aromatic carbocycles. The van der Waals surface area contributed by atoms with Crippen molar-refractivity contribution >= 4 is 0 Å². The van der Waals surface area contributed by atoms with E-state index in [0.29, 0.717) is 6.04 Å². The molecule has 0 aromatic heterocycles. The van der Waals surface area contributed by atoms with Crippen LogP contribution < -0.4 is 10.6 Å². The van der Waals surface area contributed by atoms with E-state index in [2.05, 4.69) is 24.5 Å². The zero-order valence-electron chi connectivity index (χ0n) is 14.2. The van der Waals surface area contributed by atoms with Crippen molar-refractivity contribution < 1.29 is 4.74 Å². The Bertz CT molecular complexity index is 264. The van der Waals surface area contributed by atoms with Crippen molar-refractivity contribution in [1.82, 2.24) is 10.6 Å². The number of hydrogen-bond acceptors (Lipinski definition) is 3. The first-order valence-electron chi connectivity index (χ1n) is 9.32. The van der Waals surface area contributed by atoms with Gasteiger partial charge in [-0.1, -0.05) is 33.1 Å². The maximum Gasteiger partial charge on any atom is 0.0591 e. The van der Waals surface area contributed by atoms with Crippen molar-refractivity contribution in [3.63, 3.8) is 0 Å². The van der Waals surface area contributed by atoms with Gasteiger partial charge in [0, 0.05) is 25.2 Å². The lowest BCUT2D eigenvalue weighted by atomic mass is 9.77. The van der Waals surface area contributed by atoms with Gasteiger partial charge in [-0.2, -0.15) is 0 Å². The second-order valence-electron chi connectivity index (χ2n) is 7.36. The summed E-state index contributed by atoms with van der Waals surface area (Å²) in [6, 6.07) is 1.47. The molecule has 1 saturated carbocycles. The van der Waals surface area contributed by atoms with Gasteiger partial charge in [0.2, 0.25) is 0 Å². The van der Waals surface area contributed by atoms with Gasteiger partial charge < -0.3 is 15.4 Å². The summed E-state index contributed by atoms with van der Waals surface area (Å²) in [4.78, 5) is 0. The van der Waals surface area contributed by atoms with Crippen molar-refractivity contribution in [1.29, 1.82) is 0 Å². The molecule has 0 amide bonds. The van der Waals surface area contributed by atoms with Crippen LogP contribution in [0.25, 0.3) is 0 Å². The maximum atomic E-state index is 5.74. The smallest absolute Gasteiger partial charge is 0.0591 e. The van der Waals surface area contributed by atoms with E-state index in [1.807, 2.05) is 0 Å². The first-order valence-corrected chi connectivity index (χ1v) is 9.32. The number of nitrogens with one attached hydrogen (secondary N) is 2. The highest BCUT2D eigenvalue weighted by molar-refractivity contribution is 4.90. The Kier molecular flexibility index (Phi) is 8.05. The van der Waals surface area contributed by atoms with Gasteiger partial charge in [-0.15, -0.1) is 0 Å². The number of hydrogen-bond donors (Lipinski definition) is 2. The summed E-state index contributed by atoms with van der Waals surface area (Å²) in [5.74, 6) is 1.59. The first-order chi connectivity index (χ1) is 10.3. The molecule has 3 unspecified atom stereocenters. The average Bonchev–Trinajstić information content (AvgIpc) is 2.52. The van der Waals surface area contributed by atoms with Crippen molar-refractivity contribution in [2.24, 2.45) is 11.8 Å². The van der Waals surface area contributed by atoms with E-state index in [-0.39, 0.29) is 0 Å². The summed E-state index contributed by atoms with van der Waals surface area (Å²) >= 11 is 0. The van der Waals surface area contributed by atoms with Crippen LogP contribution in [-0.2, 0) is 4.74 Å². The third-order valence-corrected chi connectivity index (χ3v) is 5.18. The summed E-state index contributed by atoms with van der Waals surface area (Å²) in [5.41, 5.74) is 0. The topological polar surface area (TPSA) is 33.3 Å². The zero-order chi connectivity index (χ0) is 14.9. The molecule has 0 bridgehead atoms. The van der Waals surface area contributed by atoms with Crippen LogP contribution >= 0.6 is 0 Å². The fourth-order valence-electron chi connectivity index (χ4n) is 3.88. The summed E-state index contributed by atoms with van der Waals surface area (Å²) in [5, 5.41) is 7.56. The lowest BCUT2D eigenvalue weighted by Crippen LogP contribution is -2.51. The van der Waals surface area contributed by atoms with E-state index in [9.17, 15) is 0 Å². The van der Waals surface area contributed by atoms with Crippen LogP contribution in [0.1, 0.15) is 65.2 Å². The fraction of sp³-hybridized carbons (Fsp3) is 1.00. The van der Waals surface area contributed by atoms with Crippen LogP contribution in [0.5, 0.6) is 0 Å². The summed E-state index contributed by atoms with van der Waals surface area (Å²) in [6.07, 6.45) is 10.9.